The van der Waals surface area contributed by atoms with Gasteiger partial charge in [-0.15, -0.1) is 10.2 Å². The minimum atomic E-state index is -4.67. The molecule has 0 aliphatic carbocycles. The molecule has 0 radical (unpaired) electrons. The molecule has 31 heavy (non-hydrogen) atoms. The van der Waals surface area contributed by atoms with Crippen LogP contribution >= 0.6 is 0 Å². The fraction of sp³-hybridized carbons (Fsp3) is 0.421. The van der Waals surface area contributed by atoms with Crippen LogP contribution in [0.25, 0.3) is 16.8 Å². The Morgan fingerprint density at radius 3 is 2.35 bits per heavy atom. The molecule has 1 atom stereocenters. The van der Waals surface area contributed by atoms with Crippen LogP contribution in [0.4, 0.5) is 26.3 Å². The summed E-state index contributed by atoms with van der Waals surface area (Å²) < 4.78 is 90.1. The number of rotatable bonds is 7. The molecule has 0 spiro atoms. The lowest BCUT2D eigenvalue weighted by molar-refractivity contribution is -0.272. The maximum atomic E-state index is 14.3. The van der Waals surface area contributed by atoms with Gasteiger partial charge in [0, 0.05) is 29.4 Å². The molecule has 168 valence electrons. The Hall–Kier alpha value is -2.89. The monoisotopic (exact) mass is 448 g/mol. The minimum absolute atomic E-state index is 0.0876. The number of pyridine rings is 2. The van der Waals surface area contributed by atoms with E-state index < -0.39 is 42.6 Å². The predicted molar refractivity (Wildman–Crippen MR) is 96.9 cm³/mol. The topological polar surface area (TPSA) is 61.5 Å². The van der Waals surface area contributed by atoms with Crippen molar-refractivity contribution in [1.29, 1.82) is 0 Å². The standard InChI is InChI=1S/C19H18F6N4O2/c1-10(2)19(24,25)30-9-16-28-27-15-5-4-12(8-29(15)16)13-6-14(20)17(26-7-13)31-11(3)18(21,22)23/h4-8,10-11H,9H2,1-3H3/t11-/m0/s1. The van der Waals surface area contributed by atoms with Gasteiger partial charge in [-0.25, -0.2) is 9.37 Å². The lowest BCUT2D eigenvalue weighted by Gasteiger charge is -2.19. The molecule has 0 bridgehead atoms. The molecule has 0 N–H and O–H groups in total. The summed E-state index contributed by atoms with van der Waals surface area (Å²) in [5.74, 6) is -2.83. The highest BCUT2D eigenvalue weighted by atomic mass is 19.4. The van der Waals surface area contributed by atoms with Gasteiger partial charge >= 0.3 is 12.3 Å². The second kappa shape index (κ2) is 8.33. The summed E-state index contributed by atoms with van der Waals surface area (Å²) in [7, 11) is 0. The lowest BCUT2D eigenvalue weighted by Crippen LogP contribution is -2.31. The summed E-state index contributed by atoms with van der Waals surface area (Å²) >= 11 is 0. The van der Waals surface area contributed by atoms with E-state index in [0.717, 1.165) is 19.2 Å². The molecule has 0 aliphatic heterocycles. The number of alkyl halides is 5. The zero-order chi connectivity index (χ0) is 23.0. The van der Waals surface area contributed by atoms with Crippen LogP contribution in [0.2, 0.25) is 0 Å². The molecule has 0 aliphatic rings. The number of ether oxygens (including phenoxy) is 2. The summed E-state index contributed by atoms with van der Waals surface area (Å²) in [5, 5.41) is 7.68. The highest BCUT2D eigenvalue weighted by Gasteiger charge is 2.39. The summed E-state index contributed by atoms with van der Waals surface area (Å²) in [6.45, 7) is 2.83. The third-order valence-electron chi connectivity index (χ3n) is 4.43. The van der Waals surface area contributed by atoms with Gasteiger partial charge in [-0.3, -0.25) is 4.40 Å². The summed E-state index contributed by atoms with van der Waals surface area (Å²) in [6, 6.07) is 4.02. The number of fused-ring (bicyclic) bond motifs is 1. The molecule has 6 nitrogen and oxygen atoms in total. The first-order valence-corrected chi connectivity index (χ1v) is 9.13. The molecule has 0 unspecified atom stereocenters. The van der Waals surface area contributed by atoms with Gasteiger partial charge in [-0.2, -0.15) is 22.0 Å². The largest absolute Gasteiger partial charge is 0.463 e. The fourth-order valence-corrected chi connectivity index (χ4v) is 2.44. The molecular formula is C19H18F6N4O2. The normalized spacial score (nSPS) is 13.7. The molecule has 0 fully saturated rings. The highest BCUT2D eigenvalue weighted by Crippen LogP contribution is 2.29. The van der Waals surface area contributed by atoms with Crippen molar-refractivity contribution in [2.75, 3.05) is 0 Å². The van der Waals surface area contributed by atoms with E-state index in [9.17, 15) is 26.3 Å². The Balaban J connectivity index is 1.85. The van der Waals surface area contributed by atoms with Crippen LogP contribution < -0.4 is 4.74 Å². The fourth-order valence-electron chi connectivity index (χ4n) is 2.44. The van der Waals surface area contributed by atoms with E-state index in [0.29, 0.717) is 11.2 Å². The van der Waals surface area contributed by atoms with E-state index in [4.69, 9.17) is 0 Å². The van der Waals surface area contributed by atoms with Gasteiger partial charge in [-0.05, 0) is 25.1 Å². The zero-order valence-corrected chi connectivity index (χ0v) is 16.6. The first-order valence-electron chi connectivity index (χ1n) is 9.13. The van der Waals surface area contributed by atoms with Crippen LogP contribution in [0.1, 0.15) is 26.6 Å². The van der Waals surface area contributed by atoms with E-state index in [2.05, 4.69) is 24.7 Å². The maximum Gasteiger partial charge on any atom is 0.425 e. The number of nitrogens with zero attached hydrogens (tertiary/aromatic N) is 4. The van der Waals surface area contributed by atoms with Crippen LogP contribution in [0.15, 0.2) is 30.6 Å². The van der Waals surface area contributed by atoms with Crippen molar-refractivity contribution in [3.05, 3.63) is 42.2 Å². The van der Waals surface area contributed by atoms with Crippen LogP contribution in [0, 0.1) is 11.7 Å². The number of aromatic nitrogens is 4. The highest BCUT2D eigenvalue weighted by molar-refractivity contribution is 5.64. The molecule has 3 heterocycles. The van der Waals surface area contributed by atoms with E-state index in [1.807, 2.05) is 0 Å². The average Bonchev–Trinajstić information content (AvgIpc) is 3.09. The van der Waals surface area contributed by atoms with Crippen LogP contribution in [0.3, 0.4) is 0 Å². The lowest BCUT2D eigenvalue weighted by atomic mass is 10.1. The van der Waals surface area contributed by atoms with Crippen molar-refractivity contribution in [3.63, 3.8) is 0 Å². The molecule has 0 saturated heterocycles. The quantitative estimate of drug-likeness (QED) is 0.475. The first-order chi connectivity index (χ1) is 14.4. The number of hydrogen-bond acceptors (Lipinski definition) is 5. The Bertz CT molecular complexity index is 1070. The molecule has 3 aromatic rings. The van der Waals surface area contributed by atoms with Gasteiger partial charge in [0.05, 0.1) is 0 Å². The van der Waals surface area contributed by atoms with Gasteiger partial charge in [0.1, 0.15) is 6.61 Å². The van der Waals surface area contributed by atoms with Gasteiger partial charge in [0.25, 0.3) is 5.88 Å². The van der Waals surface area contributed by atoms with Gasteiger partial charge < -0.3 is 9.47 Å². The summed E-state index contributed by atoms with van der Waals surface area (Å²) in [4.78, 5) is 3.62. The van der Waals surface area contributed by atoms with Gasteiger partial charge in [0.2, 0.25) is 0 Å². The Labute approximate surface area is 172 Å². The molecule has 3 aromatic heterocycles. The predicted octanol–water partition coefficient (Wildman–Crippen LogP) is 5.03. The first kappa shape index (κ1) is 22.8. The van der Waals surface area contributed by atoms with Crippen molar-refractivity contribution in [1.82, 2.24) is 19.6 Å². The molecular weight excluding hydrogens is 430 g/mol. The van der Waals surface area contributed by atoms with Crippen molar-refractivity contribution in [2.24, 2.45) is 5.92 Å². The third-order valence-corrected chi connectivity index (χ3v) is 4.43. The SMILES string of the molecule is CC(C)C(F)(F)OCc1nnc2ccc(-c3cnc(O[C@@H](C)C(F)(F)F)c(F)c3)cn12. The van der Waals surface area contributed by atoms with E-state index >= 15 is 0 Å². The molecule has 3 rings (SSSR count). The van der Waals surface area contributed by atoms with Crippen LogP contribution in [-0.2, 0) is 11.3 Å². The van der Waals surface area contributed by atoms with E-state index in [1.54, 1.807) is 6.07 Å². The van der Waals surface area contributed by atoms with Crippen molar-refractivity contribution in [3.8, 4) is 17.0 Å². The average molecular weight is 448 g/mol. The smallest absolute Gasteiger partial charge is 0.425 e. The maximum absolute atomic E-state index is 14.3. The van der Waals surface area contributed by atoms with Gasteiger partial charge in [-0.1, -0.05) is 13.8 Å². The second-order valence-electron chi connectivity index (χ2n) is 7.08. The number of hydrogen-bond donors (Lipinski definition) is 0. The summed E-state index contributed by atoms with van der Waals surface area (Å²) in [6.07, 6.45) is -7.68. The van der Waals surface area contributed by atoms with Crippen molar-refractivity contribution >= 4 is 5.65 Å². The molecule has 0 amide bonds. The summed E-state index contributed by atoms with van der Waals surface area (Å²) in [5.41, 5.74) is 0.952. The van der Waals surface area contributed by atoms with E-state index in [1.165, 1.54) is 30.5 Å². The zero-order valence-electron chi connectivity index (χ0n) is 16.6. The Morgan fingerprint density at radius 1 is 1.03 bits per heavy atom. The van der Waals surface area contributed by atoms with Crippen LogP contribution in [0.5, 0.6) is 5.88 Å². The van der Waals surface area contributed by atoms with E-state index in [-0.39, 0.29) is 11.4 Å². The van der Waals surface area contributed by atoms with Crippen molar-refractivity contribution in [2.45, 2.75) is 45.8 Å². The Morgan fingerprint density at radius 2 is 1.74 bits per heavy atom. The molecule has 12 heteroatoms. The third kappa shape index (κ3) is 5.06. The minimum Gasteiger partial charge on any atom is -0.463 e. The molecule has 0 saturated carbocycles. The Kier molecular flexibility index (Phi) is 6.12. The molecule has 0 aromatic carbocycles. The second-order valence-corrected chi connectivity index (χ2v) is 7.08. The van der Waals surface area contributed by atoms with Crippen LogP contribution in [-0.4, -0.2) is 38.0 Å². The van der Waals surface area contributed by atoms with Gasteiger partial charge in [0.15, 0.2) is 23.4 Å². The van der Waals surface area contributed by atoms with Crippen molar-refractivity contribution < 1.29 is 35.8 Å². The number of halogens is 6.